The van der Waals surface area contributed by atoms with Crippen LogP contribution in [-0.2, 0) is 6.61 Å². The molecule has 1 heterocycles. The first-order valence-electron chi connectivity index (χ1n) is 10.1. The lowest BCUT2D eigenvalue weighted by molar-refractivity contribution is 0.0935. The molecule has 4 aromatic rings. The molecular weight excluding hydrogens is 395 g/mol. The standard InChI is InChI=1S/C25H23FN2O3/c1-15(20-10-6-7-11-23(20)26)27-25(29)21-12-18-8-4-5-9-19(18)13-24(21)30-14-22-16(2)28-31-17(22)3/h4-13,15H,14H2,1-3H3,(H,27,29)/t15-/m0/s1. The predicted octanol–water partition coefficient (Wildman–Crippen LogP) is 5.65. The minimum Gasteiger partial charge on any atom is -0.488 e. The van der Waals surface area contributed by atoms with Crippen molar-refractivity contribution < 1.29 is 18.4 Å². The Morgan fingerprint density at radius 2 is 1.77 bits per heavy atom. The average molecular weight is 418 g/mol. The zero-order valence-corrected chi connectivity index (χ0v) is 17.6. The van der Waals surface area contributed by atoms with E-state index < -0.39 is 6.04 Å². The van der Waals surface area contributed by atoms with E-state index in [1.165, 1.54) is 6.07 Å². The number of aromatic nitrogens is 1. The fraction of sp³-hybridized carbons (Fsp3) is 0.200. The van der Waals surface area contributed by atoms with Gasteiger partial charge in [-0.15, -0.1) is 0 Å². The van der Waals surface area contributed by atoms with Crippen LogP contribution in [0, 0.1) is 19.7 Å². The van der Waals surface area contributed by atoms with Gasteiger partial charge in [-0.05, 0) is 49.7 Å². The number of nitrogens with one attached hydrogen (secondary N) is 1. The van der Waals surface area contributed by atoms with Crippen molar-refractivity contribution in [2.24, 2.45) is 0 Å². The van der Waals surface area contributed by atoms with E-state index in [-0.39, 0.29) is 18.3 Å². The maximum atomic E-state index is 14.1. The van der Waals surface area contributed by atoms with Gasteiger partial charge in [-0.25, -0.2) is 4.39 Å². The second kappa shape index (κ2) is 8.60. The van der Waals surface area contributed by atoms with Crippen molar-refractivity contribution >= 4 is 16.7 Å². The van der Waals surface area contributed by atoms with E-state index >= 15 is 0 Å². The highest BCUT2D eigenvalue weighted by atomic mass is 19.1. The van der Waals surface area contributed by atoms with Gasteiger partial charge >= 0.3 is 0 Å². The molecule has 3 aromatic carbocycles. The molecular formula is C25H23FN2O3. The van der Waals surface area contributed by atoms with Crippen molar-refractivity contribution in [1.29, 1.82) is 0 Å². The van der Waals surface area contributed by atoms with Crippen molar-refractivity contribution in [1.82, 2.24) is 10.5 Å². The zero-order chi connectivity index (χ0) is 22.0. The van der Waals surface area contributed by atoms with Crippen LogP contribution in [0.25, 0.3) is 10.8 Å². The average Bonchev–Trinajstić information content (AvgIpc) is 3.09. The number of aryl methyl sites for hydroxylation is 2. The number of fused-ring (bicyclic) bond motifs is 1. The first-order chi connectivity index (χ1) is 14.9. The maximum absolute atomic E-state index is 14.1. The minimum atomic E-state index is -0.504. The first-order valence-corrected chi connectivity index (χ1v) is 10.1. The number of rotatable bonds is 6. The van der Waals surface area contributed by atoms with Crippen molar-refractivity contribution in [2.75, 3.05) is 0 Å². The number of halogens is 1. The van der Waals surface area contributed by atoms with Gasteiger partial charge in [-0.1, -0.05) is 47.6 Å². The first kappa shape index (κ1) is 20.6. The summed E-state index contributed by atoms with van der Waals surface area (Å²) >= 11 is 0. The van der Waals surface area contributed by atoms with E-state index in [0.717, 1.165) is 22.0 Å². The summed E-state index contributed by atoms with van der Waals surface area (Å²) in [5, 5.41) is 8.70. The van der Waals surface area contributed by atoms with Crippen molar-refractivity contribution in [2.45, 2.75) is 33.4 Å². The lowest BCUT2D eigenvalue weighted by atomic mass is 10.0. The van der Waals surface area contributed by atoms with Crippen molar-refractivity contribution in [3.63, 3.8) is 0 Å². The molecule has 0 spiro atoms. The van der Waals surface area contributed by atoms with Gasteiger partial charge in [0.05, 0.1) is 22.9 Å². The zero-order valence-electron chi connectivity index (χ0n) is 17.6. The fourth-order valence-corrected chi connectivity index (χ4v) is 3.55. The van der Waals surface area contributed by atoms with E-state index in [2.05, 4.69) is 10.5 Å². The normalized spacial score (nSPS) is 12.0. The number of benzene rings is 3. The summed E-state index contributed by atoms with van der Waals surface area (Å²) in [6, 6.07) is 17.3. The van der Waals surface area contributed by atoms with Gasteiger partial charge in [0, 0.05) is 5.56 Å². The molecule has 31 heavy (non-hydrogen) atoms. The minimum absolute atomic E-state index is 0.225. The molecule has 0 fully saturated rings. The van der Waals surface area contributed by atoms with Crippen LogP contribution in [0.1, 0.15) is 45.9 Å². The summed E-state index contributed by atoms with van der Waals surface area (Å²) in [4.78, 5) is 13.2. The van der Waals surface area contributed by atoms with Crippen LogP contribution in [0.3, 0.4) is 0 Å². The number of nitrogens with zero attached hydrogens (tertiary/aromatic N) is 1. The van der Waals surface area contributed by atoms with Gasteiger partial charge in [0.25, 0.3) is 5.91 Å². The summed E-state index contributed by atoms with van der Waals surface area (Å²) in [6.07, 6.45) is 0. The molecule has 6 heteroatoms. The maximum Gasteiger partial charge on any atom is 0.255 e. The fourth-order valence-electron chi connectivity index (χ4n) is 3.55. The van der Waals surface area contributed by atoms with E-state index in [9.17, 15) is 9.18 Å². The quantitative estimate of drug-likeness (QED) is 0.439. The molecule has 4 rings (SSSR count). The van der Waals surface area contributed by atoms with Crippen LogP contribution >= 0.6 is 0 Å². The number of carbonyl (C=O) groups is 1. The number of amides is 1. The van der Waals surface area contributed by atoms with Crippen LogP contribution in [0.4, 0.5) is 4.39 Å². The number of ether oxygens (including phenoxy) is 1. The molecule has 5 nitrogen and oxygen atoms in total. The molecule has 158 valence electrons. The van der Waals surface area contributed by atoms with E-state index in [0.29, 0.717) is 22.6 Å². The van der Waals surface area contributed by atoms with Crippen LogP contribution in [-0.4, -0.2) is 11.1 Å². The summed E-state index contributed by atoms with van der Waals surface area (Å²) < 4.78 is 25.4. The third-order valence-electron chi connectivity index (χ3n) is 5.37. The van der Waals surface area contributed by atoms with Gasteiger partial charge in [0.1, 0.15) is 23.9 Å². The molecule has 1 N–H and O–H groups in total. The molecule has 0 aliphatic heterocycles. The Hall–Kier alpha value is -3.67. The van der Waals surface area contributed by atoms with E-state index in [1.807, 2.05) is 44.2 Å². The second-order valence-electron chi connectivity index (χ2n) is 7.50. The van der Waals surface area contributed by atoms with Crippen LogP contribution in [0.15, 0.2) is 65.2 Å². The Morgan fingerprint density at radius 3 is 2.45 bits per heavy atom. The molecule has 0 aliphatic carbocycles. The van der Waals surface area contributed by atoms with Crippen molar-refractivity contribution in [3.8, 4) is 5.75 Å². The van der Waals surface area contributed by atoms with Crippen LogP contribution in [0.5, 0.6) is 5.75 Å². The lowest BCUT2D eigenvalue weighted by Crippen LogP contribution is -2.27. The van der Waals surface area contributed by atoms with Gasteiger partial charge in [0.2, 0.25) is 0 Å². The smallest absolute Gasteiger partial charge is 0.255 e. The highest BCUT2D eigenvalue weighted by Crippen LogP contribution is 2.28. The lowest BCUT2D eigenvalue weighted by Gasteiger charge is -2.17. The molecule has 0 saturated heterocycles. The van der Waals surface area contributed by atoms with Crippen LogP contribution < -0.4 is 10.1 Å². The Kier molecular flexibility index (Phi) is 5.71. The van der Waals surface area contributed by atoms with E-state index in [4.69, 9.17) is 9.26 Å². The molecule has 0 aliphatic rings. The number of carbonyl (C=O) groups excluding carboxylic acids is 1. The highest BCUT2D eigenvalue weighted by Gasteiger charge is 2.19. The summed E-state index contributed by atoms with van der Waals surface area (Å²) in [7, 11) is 0. The Labute approximate surface area is 179 Å². The van der Waals surface area contributed by atoms with Crippen LogP contribution in [0.2, 0.25) is 0 Å². The predicted molar refractivity (Wildman–Crippen MR) is 117 cm³/mol. The molecule has 1 aromatic heterocycles. The highest BCUT2D eigenvalue weighted by molar-refractivity contribution is 6.01. The summed E-state index contributed by atoms with van der Waals surface area (Å²) in [5.74, 6) is 0.424. The van der Waals surface area contributed by atoms with Gasteiger partial charge in [0.15, 0.2) is 0 Å². The molecule has 0 bridgehead atoms. The third kappa shape index (κ3) is 4.28. The monoisotopic (exact) mass is 418 g/mol. The van der Waals surface area contributed by atoms with Crippen molar-refractivity contribution in [3.05, 3.63) is 94.6 Å². The Balaban J connectivity index is 1.65. The molecule has 0 radical (unpaired) electrons. The molecule has 1 atom stereocenters. The largest absolute Gasteiger partial charge is 0.488 e. The number of hydrogen-bond donors (Lipinski definition) is 1. The van der Waals surface area contributed by atoms with E-state index in [1.54, 1.807) is 31.2 Å². The van der Waals surface area contributed by atoms with Gasteiger partial charge in [-0.3, -0.25) is 4.79 Å². The SMILES string of the molecule is Cc1noc(C)c1COc1cc2ccccc2cc1C(=O)N[C@@H](C)c1ccccc1F. The summed E-state index contributed by atoms with van der Waals surface area (Å²) in [5.41, 5.74) is 2.40. The molecule has 0 unspecified atom stereocenters. The Bertz CT molecular complexity index is 1230. The van der Waals surface area contributed by atoms with Gasteiger partial charge in [-0.2, -0.15) is 0 Å². The summed E-state index contributed by atoms with van der Waals surface area (Å²) in [6.45, 7) is 5.65. The topological polar surface area (TPSA) is 64.4 Å². The Morgan fingerprint density at radius 1 is 1.10 bits per heavy atom. The molecule has 0 saturated carbocycles. The molecule has 1 amide bonds. The second-order valence-corrected chi connectivity index (χ2v) is 7.50. The van der Waals surface area contributed by atoms with Gasteiger partial charge < -0.3 is 14.6 Å². The third-order valence-corrected chi connectivity index (χ3v) is 5.37. The number of hydrogen-bond acceptors (Lipinski definition) is 4.